The molecule has 22 heavy (non-hydrogen) atoms. The van der Waals surface area contributed by atoms with Crippen molar-refractivity contribution in [2.24, 2.45) is 5.92 Å². The first-order valence-corrected chi connectivity index (χ1v) is 8.83. The number of rotatable bonds is 3. The van der Waals surface area contributed by atoms with Crippen molar-refractivity contribution in [2.75, 3.05) is 26.2 Å². The van der Waals surface area contributed by atoms with Crippen LogP contribution in [0.25, 0.3) is 0 Å². The second-order valence-corrected chi connectivity index (χ2v) is 7.23. The van der Waals surface area contributed by atoms with E-state index in [-0.39, 0.29) is 5.41 Å². The number of carbonyl (C=O) groups excluding carboxylic acids is 1. The van der Waals surface area contributed by atoms with Crippen molar-refractivity contribution in [3.63, 3.8) is 0 Å². The fourth-order valence-corrected chi connectivity index (χ4v) is 4.65. The molecule has 2 atom stereocenters. The Labute approximate surface area is 133 Å². The first-order chi connectivity index (χ1) is 10.7. The van der Waals surface area contributed by atoms with Gasteiger partial charge in [0.2, 0.25) is 5.91 Å². The second-order valence-electron chi connectivity index (χ2n) is 7.23. The highest BCUT2D eigenvalue weighted by atomic mass is 16.2. The van der Waals surface area contributed by atoms with Crippen molar-refractivity contribution in [2.45, 2.75) is 44.1 Å². The van der Waals surface area contributed by atoms with E-state index in [9.17, 15) is 4.79 Å². The lowest BCUT2D eigenvalue weighted by Crippen LogP contribution is -2.57. The van der Waals surface area contributed by atoms with Gasteiger partial charge in [-0.1, -0.05) is 37.3 Å². The predicted molar refractivity (Wildman–Crippen MR) is 87.7 cm³/mol. The number of carbonyl (C=O) groups is 1. The van der Waals surface area contributed by atoms with Gasteiger partial charge in [0.15, 0.2) is 0 Å². The predicted octanol–water partition coefficient (Wildman–Crippen LogP) is 2.66. The lowest BCUT2D eigenvalue weighted by Gasteiger charge is -2.46. The van der Waals surface area contributed by atoms with E-state index in [4.69, 9.17) is 0 Å². The molecule has 1 saturated carbocycles. The zero-order valence-corrected chi connectivity index (χ0v) is 13.5. The molecule has 1 aliphatic carbocycles. The number of hydrogen-bond donors (Lipinski definition) is 0. The summed E-state index contributed by atoms with van der Waals surface area (Å²) in [4.78, 5) is 17.3. The number of fused-ring (bicyclic) bond motifs is 1. The zero-order valence-electron chi connectivity index (χ0n) is 13.5. The monoisotopic (exact) mass is 298 g/mol. The van der Waals surface area contributed by atoms with Gasteiger partial charge in [0.05, 0.1) is 0 Å². The van der Waals surface area contributed by atoms with E-state index in [1.54, 1.807) is 0 Å². The molecule has 0 spiro atoms. The summed E-state index contributed by atoms with van der Waals surface area (Å²) in [5.41, 5.74) is 1.74. The van der Waals surface area contributed by atoms with E-state index in [2.05, 4.69) is 47.1 Å². The van der Waals surface area contributed by atoms with Crippen LogP contribution in [0, 0.1) is 5.92 Å². The van der Waals surface area contributed by atoms with Gasteiger partial charge in [-0.05, 0) is 44.3 Å². The van der Waals surface area contributed by atoms with Crippen molar-refractivity contribution >= 4 is 5.91 Å². The molecule has 2 aliphatic heterocycles. The van der Waals surface area contributed by atoms with E-state index in [1.165, 1.54) is 18.5 Å². The number of amides is 1. The van der Waals surface area contributed by atoms with E-state index >= 15 is 0 Å². The average molecular weight is 298 g/mol. The Morgan fingerprint density at radius 3 is 2.59 bits per heavy atom. The van der Waals surface area contributed by atoms with Crippen LogP contribution in [-0.4, -0.2) is 47.9 Å². The van der Waals surface area contributed by atoms with Crippen LogP contribution >= 0.6 is 0 Å². The summed E-state index contributed by atoms with van der Waals surface area (Å²) in [6.07, 6.45) is 4.58. The molecule has 2 saturated heterocycles. The lowest BCUT2D eigenvalue weighted by atomic mass is 9.69. The second kappa shape index (κ2) is 5.38. The van der Waals surface area contributed by atoms with Gasteiger partial charge in [-0.25, -0.2) is 0 Å². The third-order valence-electron chi connectivity index (χ3n) is 6.14. The largest absolute Gasteiger partial charge is 0.341 e. The number of nitrogens with zero attached hydrogens (tertiary/aromatic N) is 2. The van der Waals surface area contributed by atoms with E-state index < -0.39 is 0 Å². The molecule has 0 aromatic heterocycles. The van der Waals surface area contributed by atoms with Gasteiger partial charge < -0.3 is 4.90 Å². The van der Waals surface area contributed by atoms with E-state index in [0.29, 0.717) is 17.9 Å². The molecular weight excluding hydrogens is 272 g/mol. The molecule has 0 bridgehead atoms. The summed E-state index contributed by atoms with van der Waals surface area (Å²) in [5.74, 6) is 0.769. The quantitative estimate of drug-likeness (QED) is 0.856. The Morgan fingerprint density at radius 1 is 1.18 bits per heavy atom. The Morgan fingerprint density at radius 2 is 1.91 bits per heavy atom. The Bertz CT molecular complexity index is 554. The van der Waals surface area contributed by atoms with Crippen LogP contribution in [0.15, 0.2) is 30.3 Å². The summed E-state index contributed by atoms with van der Waals surface area (Å²) in [7, 11) is 0. The maximum Gasteiger partial charge on any atom is 0.225 e. The smallest absolute Gasteiger partial charge is 0.225 e. The molecule has 0 radical (unpaired) electrons. The lowest BCUT2D eigenvalue weighted by molar-refractivity contribution is -0.135. The molecule has 4 rings (SSSR count). The molecule has 3 heteroatoms. The van der Waals surface area contributed by atoms with Crippen molar-refractivity contribution < 1.29 is 4.79 Å². The molecule has 3 nitrogen and oxygen atoms in total. The zero-order chi connectivity index (χ0) is 15.2. The first-order valence-electron chi connectivity index (χ1n) is 8.83. The number of likely N-dealkylation sites (N-methyl/N-ethyl adjacent to an activating group) is 1. The van der Waals surface area contributed by atoms with Gasteiger partial charge in [0.25, 0.3) is 0 Å². The molecule has 2 heterocycles. The molecule has 118 valence electrons. The van der Waals surface area contributed by atoms with Gasteiger partial charge in [0.1, 0.15) is 0 Å². The maximum absolute atomic E-state index is 12.5. The third-order valence-corrected chi connectivity index (χ3v) is 6.14. The van der Waals surface area contributed by atoms with Gasteiger partial charge in [-0.3, -0.25) is 9.69 Å². The van der Waals surface area contributed by atoms with Crippen LogP contribution in [0.5, 0.6) is 0 Å². The average Bonchev–Trinajstić information content (AvgIpc) is 3.35. The normalized spacial score (nSPS) is 32.0. The van der Waals surface area contributed by atoms with Crippen molar-refractivity contribution in [3.8, 4) is 0 Å². The minimum Gasteiger partial charge on any atom is -0.341 e. The summed E-state index contributed by atoms with van der Waals surface area (Å²) < 4.78 is 0. The minimum atomic E-state index is 0.262. The van der Waals surface area contributed by atoms with Gasteiger partial charge in [0, 0.05) is 30.5 Å². The molecule has 0 unspecified atom stereocenters. The minimum absolute atomic E-state index is 0.262. The number of benzene rings is 1. The molecule has 0 N–H and O–H groups in total. The van der Waals surface area contributed by atoms with Crippen molar-refractivity contribution in [1.29, 1.82) is 0 Å². The Kier molecular flexibility index (Phi) is 3.48. The fraction of sp³-hybridized carbons (Fsp3) is 0.632. The highest BCUT2D eigenvalue weighted by Gasteiger charge is 2.52. The molecule has 1 amide bonds. The van der Waals surface area contributed by atoms with Gasteiger partial charge in [-0.15, -0.1) is 0 Å². The maximum atomic E-state index is 12.5. The van der Waals surface area contributed by atoms with E-state index in [0.717, 1.165) is 38.9 Å². The Balaban J connectivity index is 1.63. The fourth-order valence-electron chi connectivity index (χ4n) is 4.65. The van der Waals surface area contributed by atoms with Crippen LogP contribution < -0.4 is 0 Å². The van der Waals surface area contributed by atoms with Crippen molar-refractivity contribution in [3.05, 3.63) is 35.9 Å². The molecular formula is C19H26N2O. The van der Waals surface area contributed by atoms with Gasteiger partial charge >= 0.3 is 0 Å². The van der Waals surface area contributed by atoms with Crippen LogP contribution in [-0.2, 0) is 10.2 Å². The van der Waals surface area contributed by atoms with Gasteiger partial charge in [-0.2, -0.15) is 0 Å². The van der Waals surface area contributed by atoms with Crippen LogP contribution in [0.1, 0.15) is 38.2 Å². The van der Waals surface area contributed by atoms with Crippen LogP contribution in [0.3, 0.4) is 0 Å². The summed E-state index contributed by atoms with van der Waals surface area (Å²) in [6, 6.07) is 11.5. The SMILES string of the molecule is CCN1CC[C@@]2(c3ccccc3)CCN(C(=O)C3CC3)C[C@H]12. The molecule has 3 fully saturated rings. The first kappa shape index (κ1) is 14.3. The molecule has 1 aromatic rings. The van der Waals surface area contributed by atoms with Crippen LogP contribution in [0.2, 0.25) is 0 Å². The summed E-state index contributed by atoms with van der Waals surface area (Å²) in [6.45, 7) is 6.38. The van der Waals surface area contributed by atoms with Crippen molar-refractivity contribution in [1.82, 2.24) is 9.80 Å². The summed E-state index contributed by atoms with van der Waals surface area (Å²) in [5, 5.41) is 0. The molecule has 1 aromatic carbocycles. The number of likely N-dealkylation sites (tertiary alicyclic amines) is 2. The van der Waals surface area contributed by atoms with Crippen LogP contribution in [0.4, 0.5) is 0 Å². The topological polar surface area (TPSA) is 23.6 Å². The van der Waals surface area contributed by atoms with E-state index in [1.807, 2.05) is 0 Å². The summed E-state index contributed by atoms with van der Waals surface area (Å²) >= 11 is 0. The number of piperidine rings is 1. The standard InChI is InChI=1S/C19H26N2O/c1-2-20-12-10-19(16-6-4-3-5-7-16)11-13-21(14-17(19)20)18(22)15-8-9-15/h3-7,15,17H,2,8-14H2,1H3/t17-,19-/m0/s1. The highest BCUT2D eigenvalue weighted by molar-refractivity contribution is 5.81. The highest BCUT2D eigenvalue weighted by Crippen LogP contribution is 2.46. The molecule has 3 aliphatic rings. The number of hydrogen-bond acceptors (Lipinski definition) is 2. The Hall–Kier alpha value is -1.35. The third kappa shape index (κ3) is 2.18.